The number of H-pyrrole nitrogens is 1. The Bertz CT molecular complexity index is 951. The summed E-state index contributed by atoms with van der Waals surface area (Å²) in [6.07, 6.45) is 2.74. The molecule has 3 N–H and O–H groups in total. The molecular formula is C21H23N3O4. The number of fused-ring (bicyclic) bond motifs is 1. The fourth-order valence-corrected chi connectivity index (χ4v) is 2.81. The number of hydrazine groups is 1. The van der Waals surface area contributed by atoms with Crippen molar-refractivity contribution in [2.24, 2.45) is 0 Å². The number of aromatic amines is 1. The smallest absolute Gasteiger partial charge is 0.276 e. The van der Waals surface area contributed by atoms with Gasteiger partial charge in [-0.15, -0.1) is 0 Å². The van der Waals surface area contributed by atoms with E-state index in [1.165, 1.54) is 0 Å². The number of para-hydroxylation sites is 3. The van der Waals surface area contributed by atoms with E-state index in [0.29, 0.717) is 24.5 Å². The normalized spacial score (nSPS) is 10.5. The van der Waals surface area contributed by atoms with Crippen LogP contribution in [-0.2, 0) is 16.0 Å². The van der Waals surface area contributed by atoms with Gasteiger partial charge in [0.25, 0.3) is 5.91 Å². The van der Waals surface area contributed by atoms with Crippen LogP contribution in [0.3, 0.4) is 0 Å². The maximum atomic E-state index is 12.0. The van der Waals surface area contributed by atoms with Crippen molar-refractivity contribution in [1.82, 2.24) is 15.8 Å². The number of benzene rings is 2. The highest BCUT2D eigenvalue weighted by molar-refractivity contribution is 5.85. The molecule has 2 amide bonds. The van der Waals surface area contributed by atoms with Crippen molar-refractivity contribution in [3.05, 3.63) is 60.3 Å². The molecule has 0 aliphatic heterocycles. The van der Waals surface area contributed by atoms with Crippen LogP contribution < -0.4 is 20.3 Å². The summed E-state index contributed by atoms with van der Waals surface area (Å²) in [5.74, 6) is 0.325. The van der Waals surface area contributed by atoms with Gasteiger partial charge in [0.2, 0.25) is 5.91 Å². The number of amides is 2. The van der Waals surface area contributed by atoms with E-state index in [0.717, 1.165) is 16.5 Å². The molecule has 28 heavy (non-hydrogen) atoms. The molecule has 0 saturated heterocycles. The maximum absolute atomic E-state index is 12.0. The van der Waals surface area contributed by atoms with Crippen LogP contribution in [-0.4, -0.2) is 30.0 Å². The predicted molar refractivity (Wildman–Crippen MR) is 106 cm³/mol. The zero-order chi connectivity index (χ0) is 19.8. The highest BCUT2D eigenvalue weighted by Gasteiger charge is 2.10. The van der Waals surface area contributed by atoms with Crippen LogP contribution >= 0.6 is 0 Å². The van der Waals surface area contributed by atoms with Crippen LogP contribution in [0.15, 0.2) is 54.7 Å². The molecule has 146 valence electrons. The average Bonchev–Trinajstić information content (AvgIpc) is 3.13. The number of carbonyl (C=O) groups excluding carboxylic acids is 2. The standard InChI is InChI=1S/C21H23N3O4/c1-2-27-18-9-5-6-10-19(18)28-14-21(26)24-23-20(25)12-11-15-13-22-17-8-4-3-7-16(15)17/h3-10,13,22H,2,11-12,14H2,1H3,(H,23,25)(H,24,26). The molecule has 3 rings (SSSR count). The first-order valence-electron chi connectivity index (χ1n) is 9.14. The van der Waals surface area contributed by atoms with E-state index in [-0.39, 0.29) is 18.9 Å². The van der Waals surface area contributed by atoms with Crippen molar-refractivity contribution in [3.8, 4) is 11.5 Å². The van der Waals surface area contributed by atoms with E-state index in [2.05, 4.69) is 15.8 Å². The second-order valence-corrected chi connectivity index (χ2v) is 6.12. The van der Waals surface area contributed by atoms with Gasteiger partial charge in [-0.2, -0.15) is 0 Å². The third kappa shape index (κ3) is 5.03. The second-order valence-electron chi connectivity index (χ2n) is 6.12. The Morgan fingerprint density at radius 2 is 1.61 bits per heavy atom. The van der Waals surface area contributed by atoms with Crippen LogP contribution in [0.2, 0.25) is 0 Å². The molecule has 0 aliphatic rings. The summed E-state index contributed by atoms with van der Waals surface area (Å²) in [7, 11) is 0. The van der Waals surface area contributed by atoms with Gasteiger partial charge >= 0.3 is 0 Å². The molecule has 0 saturated carbocycles. The lowest BCUT2D eigenvalue weighted by Gasteiger charge is -2.12. The number of carbonyl (C=O) groups is 2. The summed E-state index contributed by atoms with van der Waals surface area (Å²) in [5, 5.41) is 1.10. The van der Waals surface area contributed by atoms with E-state index in [4.69, 9.17) is 9.47 Å². The molecule has 0 bridgehead atoms. The fourth-order valence-electron chi connectivity index (χ4n) is 2.81. The number of ether oxygens (including phenoxy) is 2. The van der Waals surface area contributed by atoms with Crippen molar-refractivity contribution in [3.63, 3.8) is 0 Å². The molecule has 0 unspecified atom stereocenters. The zero-order valence-electron chi connectivity index (χ0n) is 15.7. The summed E-state index contributed by atoms with van der Waals surface area (Å²) in [5.41, 5.74) is 6.87. The lowest BCUT2D eigenvalue weighted by Crippen LogP contribution is -2.43. The van der Waals surface area contributed by atoms with E-state index >= 15 is 0 Å². The first kappa shape index (κ1) is 19.3. The molecule has 0 atom stereocenters. The SMILES string of the molecule is CCOc1ccccc1OCC(=O)NNC(=O)CCc1c[nH]c2ccccc12. The summed E-state index contributed by atoms with van der Waals surface area (Å²) in [6, 6.07) is 15.0. The number of aryl methyl sites for hydroxylation is 1. The van der Waals surface area contributed by atoms with Crippen molar-refractivity contribution in [2.75, 3.05) is 13.2 Å². The Morgan fingerprint density at radius 3 is 2.39 bits per heavy atom. The summed E-state index contributed by atoms with van der Waals surface area (Å²) < 4.78 is 10.9. The predicted octanol–water partition coefficient (Wildman–Crippen LogP) is 2.73. The number of hydrogen-bond donors (Lipinski definition) is 3. The lowest BCUT2D eigenvalue weighted by atomic mass is 10.1. The van der Waals surface area contributed by atoms with Gasteiger partial charge in [-0.3, -0.25) is 20.4 Å². The molecule has 0 spiro atoms. The van der Waals surface area contributed by atoms with E-state index in [1.807, 2.05) is 43.5 Å². The van der Waals surface area contributed by atoms with Crippen molar-refractivity contribution >= 4 is 22.7 Å². The molecule has 0 aliphatic carbocycles. The monoisotopic (exact) mass is 381 g/mol. The summed E-state index contributed by atoms with van der Waals surface area (Å²) in [4.78, 5) is 27.1. The van der Waals surface area contributed by atoms with Crippen LogP contribution in [0, 0.1) is 0 Å². The Hall–Kier alpha value is -3.48. The minimum absolute atomic E-state index is 0.229. The maximum Gasteiger partial charge on any atom is 0.276 e. The Morgan fingerprint density at radius 1 is 0.929 bits per heavy atom. The van der Waals surface area contributed by atoms with E-state index in [1.54, 1.807) is 18.2 Å². The van der Waals surface area contributed by atoms with Gasteiger partial charge in [0, 0.05) is 23.5 Å². The van der Waals surface area contributed by atoms with Gasteiger partial charge in [-0.05, 0) is 37.1 Å². The number of aromatic nitrogens is 1. The van der Waals surface area contributed by atoms with Crippen molar-refractivity contribution in [2.45, 2.75) is 19.8 Å². The van der Waals surface area contributed by atoms with Gasteiger partial charge in [-0.25, -0.2) is 0 Å². The molecule has 2 aromatic carbocycles. The molecule has 7 nitrogen and oxygen atoms in total. The minimum Gasteiger partial charge on any atom is -0.490 e. The molecule has 3 aromatic rings. The van der Waals surface area contributed by atoms with Gasteiger partial charge in [-0.1, -0.05) is 30.3 Å². The summed E-state index contributed by atoms with van der Waals surface area (Å²) >= 11 is 0. The number of nitrogens with one attached hydrogen (secondary N) is 3. The molecule has 0 fully saturated rings. The van der Waals surface area contributed by atoms with Gasteiger partial charge in [0.05, 0.1) is 6.61 Å². The van der Waals surface area contributed by atoms with E-state index < -0.39 is 5.91 Å². The Balaban J connectivity index is 1.41. The number of rotatable bonds is 8. The highest BCUT2D eigenvalue weighted by atomic mass is 16.5. The average molecular weight is 381 g/mol. The Labute approximate surface area is 163 Å². The van der Waals surface area contributed by atoms with E-state index in [9.17, 15) is 9.59 Å². The molecule has 0 radical (unpaired) electrons. The molecule has 7 heteroatoms. The first-order chi connectivity index (χ1) is 13.7. The third-order valence-corrected chi connectivity index (χ3v) is 4.15. The quantitative estimate of drug-likeness (QED) is 0.523. The van der Waals surface area contributed by atoms with Gasteiger partial charge in [0.15, 0.2) is 18.1 Å². The second kappa shape index (κ2) is 9.45. The molecular weight excluding hydrogens is 358 g/mol. The molecule has 1 aromatic heterocycles. The largest absolute Gasteiger partial charge is 0.490 e. The van der Waals surface area contributed by atoms with Crippen LogP contribution in [0.5, 0.6) is 11.5 Å². The van der Waals surface area contributed by atoms with Gasteiger partial charge < -0.3 is 14.5 Å². The highest BCUT2D eigenvalue weighted by Crippen LogP contribution is 2.26. The first-order valence-corrected chi connectivity index (χ1v) is 9.14. The summed E-state index contributed by atoms with van der Waals surface area (Å²) in [6.45, 7) is 2.14. The lowest BCUT2D eigenvalue weighted by molar-refractivity contribution is -0.130. The molecule has 1 heterocycles. The van der Waals surface area contributed by atoms with Crippen LogP contribution in [0.25, 0.3) is 10.9 Å². The third-order valence-electron chi connectivity index (χ3n) is 4.15. The zero-order valence-corrected chi connectivity index (χ0v) is 15.7. The number of hydrogen-bond acceptors (Lipinski definition) is 4. The fraction of sp³-hybridized carbons (Fsp3) is 0.238. The Kier molecular flexibility index (Phi) is 6.51. The minimum atomic E-state index is -0.452. The van der Waals surface area contributed by atoms with Gasteiger partial charge in [0.1, 0.15) is 0 Å². The van der Waals surface area contributed by atoms with Crippen LogP contribution in [0.4, 0.5) is 0 Å². The van der Waals surface area contributed by atoms with Crippen molar-refractivity contribution < 1.29 is 19.1 Å². The van der Waals surface area contributed by atoms with Crippen LogP contribution in [0.1, 0.15) is 18.9 Å². The topological polar surface area (TPSA) is 92.4 Å². The van der Waals surface area contributed by atoms with Crippen molar-refractivity contribution in [1.29, 1.82) is 0 Å².